The molecule has 0 aliphatic heterocycles. The topological polar surface area (TPSA) is 46.5 Å². The Morgan fingerprint density at radius 2 is 1.75 bits per heavy atom. The first-order valence-electron chi connectivity index (χ1n) is 6.34. The number of hydrogen-bond donors (Lipinski definition) is 1. The van der Waals surface area contributed by atoms with E-state index in [1.807, 2.05) is 24.3 Å². The summed E-state index contributed by atoms with van der Waals surface area (Å²) < 4.78 is 7.08. The van der Waals surface area contributed by atoms with E-state index >= 15 is 0 Å². The highest BCUT2D eigenvalue weighted by atomic mass is 32.1. The molecule has 0 aliphatic carbocycles. The van der Waals surface area contributed by atoms with Crippen LogP contribution >= 0.6 is 11.3 Å². The normalized spacial score (nSPS) is 12.8. The number of fused-ring (bicyclic) bond motifs is 2. The third-order valence-corrected chi connectivity index (χ3v) is 4.51. The molecule has 3 nitrogen and oxygen atoms in total. The Bertz CT molecular complexity index is 849. The predicted molar refractivity (Wildman–Crippen MR) is 82.8 cm³/mol. The van der Waals surface area contributed by atoms with Crippen LogP contribution in [0.3, 0.4) is 0 Å². The molecule has 1 unspecified atom stereocenters. The molecule has 0 radical (unpaired) electrons. The van der Waals surface area contributed by atoms with E-state index in [0.717, 1.165) is 9.40 Å². The Morgan fingerprint density at radius 1 is 1.10 bits per heavy atom. The zero-order chi connectivity index (χ0) is 14.3. The molecule has 3 rings (SSSR count). The van der Waals surface area contributed by atoms with Crippen molar-refractivity contribution in [2.24, 2.45) is 0 Å². The molecule has 1 heterocycles. The van der Waals surface area contributed by atoms with E-state index in [1.54, 1.807) is 26.2 Å². The summed E-state index contributed by atoms with van der Waals surface area (Å²) in [6, 6.07) is 11.1. The second-order valence-corrected chi connectivity index (χ2v) is 5.74. The van der Waals surface area contributed by atoms with Gasteiger partial charge in [0.15, 0.2) is 5.43 Å². The van der Waals surface area contributed by atoms with Gasteiger partial charge in [-0.25, -0.2) is 0 Å². The Hall–Kier alpha value is -1.91. The van der Waals surface area contributed by atoms with Gasteiger partial charge in [0.2, 0.25) is 0 Å². The van der Waals surface area contributed by atoms with Gasteiger partial charge in [-0.3, -0.25) is 4.79 Å². The van der Waals surface area contributed by atoms with Crippen LogP contribution < -0.4 is 10.2 Å². The molecule has 0 bridgehead atoms. The van der Waals surface area contributed by atoms with Crippen molar-refractivity contribution < 1.29 is 9.84 Å². The van der Waals surface area contributed by atoms with E-state index in [0.29, 0.717) is 22.1 Å². The molecule has 3 aromatic rings. The average Bonchev–Trinajstić information content (AvgIpc) is 2.45. The van der Waals surface area contributed by atoms with Crippen molar-refractivity contribution in [3.05, 3.63) is 52.2 Å². The van der Waals surface area contributed by atoms with Crippen molar-refractivity contribution in [1.82, 2.24) is 0 Å². The standard InChI is InChI=1S/C16H14O3S/c1-9(17)10-5-3-7-12-14(10)16(18)15-11(19-2)6-4-8-13(15)20-12/h3-9,17H,1-2H3. The minimum Gasteiger partial charge on any atom is -0.496 e. The van der Waals surface area contributed by atoms with Gasteiger partial charge in [0.1, 0.15) is 5.75 Å². The summed E-state index contributed by atoms with van der Waals surface area (Å²) in [5.74, 6) is 0.575. The third kappa shape index (κ3) is 1.88. The molecule has 0 spiro atoms. The summed E-state index contributed by atoms with van der Waals surface area (Å²) in [6.07, 6.45) is -0.675. The first-order chi connectivity index (χ1) is 9.63. The molecule has 1 atom stereocenters. The van der Waals surface area contributed by atoms with Gasteiger partial charge in [-0.15, -0.1) is 11.3 Å². The smallest absolute Gasteiger partial charge is 0.199 e. The van der Waals surface area contributed by atoms with Crippen LogP contribution in [0.25, 0.3) is 20.2 Å². The SMILES string of the molecule is COc1cccc2sc3cccc(C(C)O)c3c(=O)c12. The van der Waals surface area contributed by atoms with Gasteiger partial charge < -0.3 is 9.84 Å². The quantitative estimate of drug-likeness (QED) is 0.734. The van der Waals surface area contributed by atoms with Crippen LogP contribution in [0.2, 0.25) is 0 Å². The molecule has 0 fully saturated rings. The van der Waals surface area contributed by atoms with Crippen molar-refractivity contribution in [3.8, 4) is 5.75 Å². The first kappa shape index (κ1) is 13.1. The van der Waals surface area contributed by atoms with E-state index < -0.39 is 6.10 Å². The molecule has 1 N–H and O–H groups in total. The summed E-state index contributed by atoms with van der Waals surface area (Å²) in [5, 5.41) is 11.1. The molecule has 4 heteroatoms. The first-order valence-corrected chi connectivity index (χ1v) is 7.15. The summed E-state index contributed by atoms with van der Waals surface area (Å²) >= 11 is 1.54. The minimum atomic E-state index is -0.675. The van der Waals surface area contributed by atoms with Crippen molar-refractivity contribution in [2.45, 2.75) is 13.0 Å². The second-order valence-electron chi connectivity index (χ2n) is 4.66. The van der Waals surface area contributed by atoms with Crippen molar-refractivity contribution in [1.29, 1.82) is 0 Å². The minimum absolute atomic E-state index is 0.0808. The fraction of sp³-hybridized carbons (Fsp3) is 0.188. The Morgan fingerprint density at radius 3 is 2.40 bits per heavy atom. The third-order valence-electron chi connectivity index (χ3n) is 3.39. The maximum Gasteiger partial charge on any atom is 0.199 e. The van der Waals surface area contributed by atoms with Gasteiger partial charge in [-0.05, 0) is 30.7 Å². The van der Waals surface area contributed by atoms with Crippen molar-refractivity contribution in [3.63, 3.8) is 0 Å². The van der Waals surface area contributed by atoms with E-state index in [1.165, 1.54) is 11.3 Å². The lowest BCUT2D eigenvalue weighted by atomic mass is 10.0. The van der Waals surface area contributed by atoms with E-state index in [4.69, 9.17) is 4.74 Å². The largest absolute Gasteiger partial charge is 0.496 e. The lowest BCUT2D eigenvalue weighted by Gasteiger charge is -2.10. The highest BCUT2D eigenvalue weighted by molar-refractivity contribution is 7.24. The van der Waals surface area contributed by atoms with E-state index in [2.05, 4.69) is 0 Å². The molecule has 0 aliphatic rings. The lowest BCUT2D eigenvalue weighted by molar-refractivity contribution is 0.201. The zero-order valence-corrected chi connectivity index (χ0v) is 12.0. The summed E-state index contributed by atoms with van der Waals surface area (Å²) in [4.78, 5) is 12.8. The number of rotatable bonds is 2. The van der Waals surface area contributed by atoms with Gasteiger partial charge in [-0.1, -0.05) is 18.2 Å². The fourth-order valence-corrected chi connectivity index (χ4v) is 3.60. The Balaban J connectivity index is 2.57. The van der Waals surface area contributed by atoms with Gasteiger partial charge in [0.25, 0.3) is 0 Å². The number of aliphatic hydroxyl groups is 1. The Labute approximate surface area is 120 Å². The van der Waals surface area contributed by atoms with Crippen LogP contribution in [0.15, 0.2) is 41.2 Å². The summed E-state index contributed by atoms with van der Waals surface area (Å²) in [7, 11) is 1.56. The maximum atomic E-state index is 12.8. The van der Waals surface area contributed by atoms with Gasteiger partial charge in [-0.2, -0.15) is 0 Å². The number of hydrogen-bond acceptors (Lipinski definition) is 4. The highest BCUT2D eigenvalue weighted by Crippen LogP contribution is 2.32. The van der Waals surface area contributed by atoms with E-state index in [9.17, 15) is 9.90 Å². The lowest BCUT2D eigenvalue weighted by Crippen LogP contribution is -2.07. The molecule has 0 saturated heterocycles. The second kappa shape index (κ2) is 4.89. The molecular formula is C16H14O3S. The average molecular weight is 286 g/mol. The number of benzene rings is 2. The fourth-order valence-electron chi connectivity index (χ4n) is 2.46. The van der Waals surface area contributed by atoms with Gasteiger partial charge >= 0.3 is 0 Å². The van der Waals surface area contributed by atoms with Crippen LogP contribution in [-0.4, -0.2) is 12.2 Å². The molecule has 20 heavy (non-hydrogen) atoms. The highest BCUT2D eigenvalue weighted by Gasteiger charge is 2.15. The molecule has 0 amide bonds. The molecule has 0 saturated carbocycles. The van der Waals surface area contributed by atoms with Crippen LogP contribution in [0.4, 0.5) is 0 Å². The maximum absolute atomic E-state index is 12.8. The molecule has 1 aromatic heterocycles. The number of ether oxygens (including phenoxy) is 1. The van der Waals surface area contributed by atoms with E-state index in [-0.39, 0.29) is 5.43 Å². The summed E-state index contributed by atoms with van der Waals surface area (Å²) in [5.41, 5.74) is 0.583. The molecule has 102 valence electrons. The summed E-state index contributed by atoms with van der Waals surface area (Å²) in [6.45, 7) is 1.67. The van der Waals surface area contributed by atoms with Gasteiger partial charge in [0.05, 0.1) is 18.6 Å². The van der Waals surface area contributed by atoms with Crippen LogP contribution in [-0.2, 0) is 0 Å². The van der Waals surface area contributed by atoms with Crippen LogP contribution in [0.1, 0.15) is 18.6 Å². The van der Waals surface area contributed by atoms with Crippen LogP contribution in [0.5, 0.6) is 5.75 Å². The van der Waals surface area contributed by atoms with Gasteiger partial charge in [0, 0.05) is 14.8 Å². The Kier molecular flexibility index (Phi) is 3.20. The van der Waals surface area contributed by atoms with Crippen molar-refractivity contribution >= 4 is 31.5 Å². The zero-order valence-electron chi connectivity index (χ0n) is 11.2. The predicted octanol–water partition coefficient (Wildman–Crippen LogP) is 3.48. The molecule has 2 aromatic carbocycles. The monoisotopic (exact) mass is 286 g/mol. The molecular weight excluding hydrogens is 272 g/mol. The number of methoxy groups -OCH3 is 1. The van der Waals surface area contributed by atoms with Crippen LogP contribution in [0, 0.1) is 0 Å². The van der Waals surface area contributed by atoms with Crippen molar-refractivity contribution in [2.75, 3.05) is 7.11 Å². The number of aliphatic hydroxyl groups excluding tert-OH is 1.